The van der Waals surface area contributed by atoms with Crippen LogP contribution in [-0.2, 0) is 12.8 Å². The number of hydrogen-bond acceptors (Lipinski definition) is 3. The molecule has 1 atom stereocenters. The number of piperidine rings is 1. The van der Waals surface area contributed by atoms with E-state index < -0.39 is 0 Å². The molecular weight excluding hydrogens is 364 g/mol. The maximum atomic E-state index is 13.4. The minimum Gasteiger partial charge on any atom is -0.619 e. The van der Waals surface area contributed by atoms with Crippen molar-refractivity contribution in [1.82, 2.24) is 4.90 Å². The fourth-order valence-electron chi connectivity index (χ4n) is 4.82. The number of aryl methyl sites for hydroxylation is 2. The summed E-state index contributed by atoms with van der Waals surface area (Å²) in [6.07, 6.45) is 6.28. The lowest BCUT2D eigenvalue weighted by Crippen LogP contribution is -2.43. The van der Waals surface area contributed by atoms with Gasteiger partial charge in [-0.1, -0.05) is 30.3 Å². The van der Waals surface area contributed by atoms with Crippen LogP contribution in [0.3, 0.4) is 0 Å². The molecule has 1 saturated heterocycles. The van der Waals surface area contributed by atoms with E-state index in [9.17, 15) is 14.8 Å². The maximum absolute atomic E-state index is 13.4. The molecule has 5 rings (SSSR count). The molecule has 1 aliphatic carbocycles. The van der Waals surface area contributed by atoms with Crippen molar-refractivity contribution in [3.63, 3.8) is 0 Å². The number of aromatic nitrogens is 1. The number of likely N-dealkylation sites (tertiary alicyclic amines) is 1. The molecule has 2 aliphatic rings. The second kappa shape index (κ2) is 6.99. The maximum Gasteiger partial charge on any atom is 0.259 e. The van der Waals surface area contributed by atoms with Gasteiger partial charge in [-0.25, -0.2) is 0 Å². The molecule has 5 heteroatoms. The van der Waals surface area contributed by atoms with Crippen LogP contribution < -0.4 is 4.73 Å². The van der Waals surface area contributed by atoms with Gasteiger partial charge < -0.3 is 10.1 Å². The number of ketones is 1. The molecule has 29 heavy (non-hydrogen) atoms. The van der Waals surface area contributed by atoms with Crippen molar-refractivity contribution in [2.24, 2.45) is 5.92 Å². The number of pyridine rings is 1. The van der Waals surface area contributed by atoms with Crippen molar-refractivity contribution in [2.45, 2.75) is 25.7 Å². The topological polar surface area (TPSA) is 64.3 Å². The zero-order valence-corrected chi connectivity index (χ0v) is 16.1. The largest absolute Gasteiger partial charge is 0.619 e. The summed E-state index contributed by atoms with van der Waals surface area (Å²) in [6.45, 7) is 1.01. The average molecular weight is 386 g/mol. The van der Waals surface area contributed by atoms with E-state index in [4.69, 9.17) is 0 Å². The van der Waals surface area contributed by atoms with E-state index in [1.54, 1.807) is 17.0 Å². The number of rotatable bonds is 3. The summed E-state index contributed by atoms with van der Waals surface area (Å²) in [5.74, 6) is -0.285. The predicted molar refractivity (Wildman–Crippen MR) is 110 cm³/mol. The quantitative estimate of drug-likeness (QED) is 0.394. The van der Waals surface area contributed by atoms with Crippen LogP contribution >= 0.6 is 0 Å². The minimum atomic E-state index is -0.214. The smallest absolute Gasteiger partial charge is 0.259 e. The fourth-order valence-corrected chi connectivity index (χ4v) is 4.82. The van der Waals surface area contributed by atoms with Crippen molar-refractivity contribution >= 4 is 22.5 Å². The summed E-state index contributed by atoms with van der Waals surface area (Å²) in [4.78, 5) is 28.0. The summed E-state index contributed by atoms with van der Waals surface area (Å²) in [5.41, 5.74) is 3.77. The van der Waals surface area contributed by atoms with Gasteiger partial charge in [-0.15, -0.1) is 0 Å². The number of Topliss-reactive ketones (excluding diaryl/α,β-unsaturated/α-hetero) is 1. The molecule has 0 N–H and O–H groups in total. The van der Waals surface area contributed by atoms with E-state index in [2.05, 4.69) is 12.1 Å². The lowest BCUT2D eigenvalue weighted by atomic mass is 9.87. The van der Waals surface area contributed by atoms with Crippen LogP contribution in [0.1, 0.15) is 44.7 Å². The first-order valence-electron chi connectivity index (χ1n) is 10.2. The lowest BCUT2D eigenvalue weighted by Gasteiger charge is -2.32. The van der Waals surface area contributed by atoms with Crippen LogP contribution in [0.15, 0.2) is 54.9 Å². The molecular formula is C24H22N2O3. The molecule has 1 aliphatic heterocycles. The average Bonchev–Trinajstić information content (AvgIpc) is 3.18. The zero-order chi connectivity index (χ0) is 20.0. The van der Waals surface area contributed by atoms with Crippen LogP contribution in [0.2, 0.25) is 0 Å². The molecule has 2 aromatic carbocycles. The standard InChI is InChI=1S/C24H22N2O3/c27-23(21-11-10-17-9-8-16-4-1-7-20(21)22(16)17)18-5-2-12-25(14-18)24(28)19-6-3-13-26(29)15-19/h1,3-4,6-7,10-11,13,15,18H,2,5,8-9,12,14H2/t18-/m0/s1. The molecule has 0 unspecified atom stereocenters. The molecule has 5 nitrogen and oxygen atoms in total. The second-order valence-corrected chi connectivity index (χ2v) is 8.02. The Balaban J connectivity index is 1.42. The number of nitrogens with zero attached hydrogens (tertiary/aromatic N) is 2. The minimum absolute atomic E-state index is 0.116. The molecule has 1 amide bonds. The first-order valence-corrected chi connectivity index (χ1v) is 10.2. The number of carbonyl (C=O) groups is 2. The van der Waals surface area contributed by atoms with Gasteiger partial charge in [0.2, 0.25) is 0 Å². The Kier molecular flexibility index (Phi) is 4.31. The van der Waals surface area contributed by atoms with Gasteiger partial charge in [-0.05, 0) is 53.6 Å². The summed E-state index contributed by atoms with van der Waals surface area (Å²) in [5, 5.41) is 13.8. The first kappa shape index (κ1) is 17.9. The molecule has 1 fully saturated rings. The van der Waals surface area contributed by atoms with E-state index in [-0.39, 0.29) is 17.6 Å². The Labute approximate surface area is 169 Å². The third-order valence-electron chi connectivity index (χ3n) is 6.24. The normalized spacial score (nSPS) is 18.2. The summed E-state index contributed by atoms with van der Waals surface area (Å²) in [7, 11) is 0. The summed E-state index contributed by atoms with van der Waals surface area (Å²) < 4.78 is 0.632. The van der Waals surface area contributed by atoms with Crippen molar-refractivity contribution in [2.75, 3.05) is 13.1 Å². The van der Waals surface area contributed by atoms with Crippen molar-refractivity contribution in [3.8, 4) is 0 Å². The molecule has 0 spiro atoms. The van der Waals surface area contributed by atoms with E-state index >= 15 is 0 Å². The highest BCUT2D eigenvalue weighted by molar-refractivity contribution is 6.11. The fraction of sp³-hybridized carbons (Fsp3) is 0.292. The van der Waals surface area contributed by atoms with E-state index in [0.29, 0.717) is 23.4 Å². The predicted octanol–water partition coefficient (Wildman–Crippen LogP) is 3.31. The molecule has 0 radical (unpaired) electrons. The van der Waals surface area contributed by atoms with Gasteiger partial charge in [0.05, 0.1) is 0 Å². The molecule has 146 valence electrons. The van der Waals surface area contributed by atoms with Gasteiger partial charge in [0.25, 0.3) is 5.91 Å². The highest BCUT2D eigenvalue weighted by Gasteiger charge is 2.31. The Bertz CT molecular complexity index is 1130. The molecule has 3 aromatic rings. The van der Waals surface area contributed by atoms with E-state index in [0.717, 1.165) is 36.6 Å². The monoisotopic (exact) mass is 386 g/mol. The van der Waals surface area contributed by atoms with Gasteiger partial charge >= 0.3 is 0 Å². The number of amides is 1. The van der Waals surface area contributed by atoms with Gasteiger partial charge in [0, 0.05) is 30.6 Å². The third kappa shape index (κ3) is 3.07. The Morgan fingerprint density at radius 1 is 1.03 bits per heavy atom. The SMILES string of the molecule is O=C(c1ccc2c3c(cccc13)CC2)[C@H]1CCCN(C(=O)c2ccc[n+]([O-])c2)C1. The van der Waals surface area contributed by atoms with E-state index in [1.807, 2.05) is 18.2 Å². The third-order valence-corrected chi connectivity index (χ3v) is 6.24. The highest BCUT2D eigenvalue weighted by atomic mass is 16.5. The number of hydrogen-bond donors (Lipinski definition) is 0. The molecule has 2 heterocycles. The summed E-state index contributed by atoms with van der Waals surface area (Å²) in [6, 6.07) is 13.5. The highest BCUT2D eigenvalue weighted by Crippen LogP contribution is 2.34. The summed E-state index contributed by atoms with van der Waals surface area (Å²) >= 11 is 0. The van der Waals surface area contributed by atoms with Crippen LogP contribution in [0.5, 0.6) is 0 Å². The molecule has 1 aromatic heterocycles. The number of carbonyl (C=O) groups excluding carboxylic acids is 2. The Hall–Kier alpha value is -3.21. The van der Waals surface area contributed by atoms with Crippen LogP contribution in [0.25, 0.3) is 10.8 Å². The van der Waals surface area contributed by atoms with Crippen LogP contribution in [0, 0.1) is 11.1 Å². The van der Waals surface area contributed by atoms with Crippen molar-refractivity contribution in [3.05, 3.63) is 82.3 Å². The second-order valence-electron chi connectivity index (χ2n) is 8.02. The zero-order valence-electron chi connectivity index (χ0n) is 16.1. The first-order chi connectivity index (χ1) is 14.1. The molecule has 0 saturated carbocycles. The Morgan fingerprint density at radius 3 is 2.69 bits per heavy atom. The van der Waals surface area contributed by atoms with Crippen molar-refractivity contribution in [1.29, 1.82) is 0 Å². The van der Waals surface area contributed by atoms with Gasteiger partial charge in [0.1, 0.15) is 5.56 Å². The van der Waals surface area contributed by atoms with Crippen LogP contribution in [-0.4, -0.2) is 29.7 Å². The van der Waals surface area contributed by atoms with E-state index in [1.165, 1.54) is 28.9 Å². The van der Waals surface area contributed by atoms with Crippen LogP contribution in [0.4, 0.5) is 0 Å². The Morgan fingerprint density at radius 2 is 1.86 bits per heavy atom. The van der Waals surface area contributed by atoms with Gasteiger partial charge in [-0.2, -0.15) is 4.73 Å². The lowest BCUT2D eigenvalue weighted by molar-refractivity contribution is -0.605. The number of benzene rings is 2. The van der Waals surface area contributed by atoms with Crippen molar-refractivity contribution < 1.29 is 14.3 Å². The molecule has 0 bridgehead atoms. The van der Waals surface area contributed by atoms with Gasteiger partial charge in [-0.3, -0.25) is 9.59 Å². The van der Waals surface area contributed by atoms with Gasteiger partial charge in [0.15, 0.2) is 18.2 Å².